The van der Waals surface area contributed by atoms with Crippen molar-refractivity contribution in [3.05, 3.63) is 0 Å². The summed E-state index contributed by atoms with van der Waals surface area (Å²) >= 11 is 2.04. The van der Waals surface area contributed by atoms with E-state index < -0.39 is 0 Å². The molecule has 0 aliphatic carbocycles. The Hall–Kier alpha value is -0.0200. The molecular formula is C14H24O2S. The van der Waals surface area contributed by atoms with Crippen LogP contribution in [0.5, 0.6) is 0 Å². The highest BCUT2D eigenvalue weighted by molar-refractivity contribution is 7.99. The van der Waals surface area contributed by atoms with Gasteiger partial charge in [0.2, 0.25) is 0 Å². The van der Waals surface area contributed by atoms with E-state index in [1.54, 1.807) is 0 Å². The molecule has 2 aliphatic rings. The van der Waals surface area contributed by atoms with Gasteiger partial charge in [-0.1, -0.05) is 13.8 Å². The molecule has 98 valence electrons. The van der Waals surface area contributed by atoms with E-state index in [9.17, 15) is 4.79 Å². The molecule has 0 aromatic carbocycles. The number of thioether (sulfide) groups is 1. The molecule has 2 rings (SSSR count). The van der Waals surface area contributed by atoms with Crippen molar-refractivity contribution >= 4 is 17.5 Å². The van der Waals surface area contributed by atoms with Crippen LogP contribution in [0.25, 0.3) is 0 Å². The summed E-state index contributed by atoms with van der Waals surface area (Å²) in [6.07, 6.45) is 5.34. The van der Waals surface area contributed by atoms with Crippen molar-refractivity contribution in [3.8, 4) is 0 Å². The summed E-state index contributed by atoms with van der Waals surface area (Å²) in [7, 11) is 0. The van der Waals surface area contributed by atoms with Crippen molar-refractivity contribution in [1.82, 2.24) is 0 Å². The monoisotopic (exact) mass is 256 g/mol. The van der Waals surface area contributed by atoms with Gasteiger partial charge in [0.25, 0.3) is 0 Å². The number of ether oxygens (including phenoxy) is 1. The smallest absolute Gasteiger partial charge is 0.135 e. The van der Waals surface area contributed by atoms with E-state index in [0.717, 1.165) is 25.9 Å². The van der Waals surface area contributed by atoms with E-state index in [2.05, 4.69) is 0 Å². The minimum atomic E-state index is 0.130. The third-order valence-electron chi connectivity index (χ3n) is 4.13. The molecule has 0 N–H and O–H groups in total. The molecule has 2 aliphatic heterocycles. The average molecular weight is 256 g/mol. The Kier molecular flexibility index (Phi) is 4.53. The topological polar surface area (TPSA) is 26.3 Å². The third-order valence-corrected chi connectivity index (χ3v) is 5.12. The van der Waals surface area contributed by atoms with Crippen molar-refractivity contribution < 1.29 is 9.53 Å². The molecule has 2 saturated heterocycles. The predicted molar refractivity (Wildman–Crippen MR) is 72.4 cm³/mol. The number of rotatable bonds is 3. The van der Waals surface area contributed by atoms with Crippen LogP contribution >= 0.6 is 11.8 Å². The van der Waals surface area contributed by atoms with E-state index in [1.807, 2.05) is 25.6 Å². The largest absolute Gasteiger partial charge is 0.375 e. The summed E-state index contributed by atoms with van der Waals surface area (Å²) in [5, 5.41) is 0. The molecule has 2 fully saturated rings. The predicted octanol–water partition coefficient (Wildman–Crippen LogP) is 3.29. The van der Waals surface area contributed by atoms with Crippen LogP contribution < -0.4 is 0 Å². The highest BCUT2D eigenvalue weighted by Gasteiger charge is 2.39. The average Bonchev–Trinajstić information content (AvgIpc) is 2.30. The van der Waals surface area contributed by atoms with E-state index in [-0.39, 0.29) is 11.5 Å². The van der Waals surface area contributed by atoms with Crippen molar-refractivity contribution in [2.24, 2.45) is 11.8 Å². The second-order valence-corrected chi connectivity index (χ2v) is 7.05. The van der Waals surface area contributed by atoms with Gasteiger partial charge in [0.1, 0.15) is 5.78 Å². The number of Topliss-reactive ketones (excluding diaryl/α,β-unsaturated/α-hetero) is 1. The molecule has 0 amide bonds. The van der Waals surface area contributed by atoms with Gasteiger partial charge in [-0.3, -0.25) is 4.79 Å². The third kappa shape index (κ3) is 3.47. The second-order valence-electron chi connectivity index (χ2n) is 5.83. The van der Waals surface area contributed by atoms with Crippen LogP contribution in [0.1, 0.15) is 46.0 Å². The van der Waals surface area contributed by atoms with Gasteiger partial charge in [0, 0.05) is 18.9 Å². The Morgan fingerprint density at radius 3 is 2.76 bits per heavy atom. The zero-order valence-electron chi connectivity index (χ0n) is 11.0. The van der Waals surface area contributed by atoms with Gasteiger partial charge in [-0.2, -0.15) is 11.8 Å². The molecule has 0 saturated carbocycles. The lowest BCUT2D eigenvalue weighted by Crippen LogP contribution is -2.43. The Labute approximate surface area is 109 Å². The molecular weight excluding hydrogens is 232 g/mol. The molecule has 0 aromatic rings. The van der Waals surface area contributed by atoms with Gasteiger partial charge in [-0.05, 0) is 43.1 Å². The quantitative estimate of drug-likeness (QED) is 0.775. The fraction of sp³-hybridized carbons (Fsp3) is 0.929. The molecule has 17 heavy (non-hydrogen) atoms. The molecule has 0 bridgehead atoms. The molecule has 3 heteroatoms. The summed E-state index contributed by atoms with van der Waals surface area (Å²) < 4.78 is 6.05. The van der Waals surface area contributed by atoms with Crippen molar-refractivity contribution in [2.75, 3.05) is 18.1 Å². The zero-order valence-corrected chi connectivity index (χ0v) is 11.9. The van der Waals surface area contributed by atoms with E-state index in [1.165, 1.54) is 24.3 Å². The number of ketones is 1. The normalized spacial score (nSPS) is 28.5. The number of hydrogen-bond acceptors (Lipinski definition) is 3. The first-order chi connectivity index (χ1) is 8.11. The summed E-state index contributed by atoms with van der Waals surface area (Å²) in [5.41, 5.74) is 0.130. The Bertz CT molecular complexity index is 264. The van der Waals surface area contributed by atoms with Crippen molar-refractivity contribution in [1.29, 1.82) is 0 Å². The van der Waals surface area contributed by atoms with Crippen LogP contribution in [0.4, 0.5) is 0 Å². The fourth-order valence-electron chi connectivity index (χ4n) is 2.92. The highest BCUT2D eigenvalue weighted by atomic mass is 32.2. The summed E-state index contributed by atoms with van der Waals surface area (Å²) in [6, 6.07) is 0. The van der Waals surface area contributed by atoms with E-state index in [0.29, 0.717) is 11.7 Å². The Morgan fingerprint density at radius 1 is 1.41 bits per heavy atom. The van der Waals surface area contributed by atoms with E-state index >= 15 is 0 Å². The molecule has 1 spiro atoms. The first-order valence-corrected chi connectivity index (χ1v) is 8.01. The van der Waals surface area contributed by atoms with Crippen LogP contribution in [-0.4, -0.2) is 29.5 Å². The van der Waals surface area contributed by atoms with Gasteiger partial charge in [0.15, 0.2) is 0 Å². The summed E-state index contributed by atoms with van der Waals surface area (Å²) in [6.45, 7) is 4.88. The van der Waals surface area contributed by atoms with Gasteiger partial charge in [-0.15, -0.1) is 0 Å². The fourth-order valence-corrected chi connectivity index (χ4v) is 4.15. The van der Waals surface area contributed by atoms with Gasteiger partial charge < -0.3 is 4.74 Å². The lowest BCUT2D eigenvalue weighted by atomic mass is 9.79. The maximum atomic E-state index is 11.8. The molecule has 1 atom stereocenters. The lowest BCUT2D eigenvalue weighted by Gasteiger charge is -2.43. The van der Waals surface area contributed by atoms with Crippen molar-refractivity contribution in [2.45, 2.75) is 51.6 Å². The van der Waals surface area contributed by atoms with Gasteiger partial charge >= 0.3 is 0 Å². The van der Waals surface area contributed by atoms with Gasteiger partial charge in [-0.25, -0.2) is 0 Å². The standard InChI is InChI=1S/C14H24O2S/c1-11(2)13(15)9-12-3-6-16-14(10-12)4-7-17-8-5-14/h11-12H,3-10H2,1-2H3. The van der Waals surface area contributed by atoms with Crippen LogP contribution in [0.15, 0.2) is 0 Å². The van der Waals surface area contributed by atoms with Crippen molar-refractivity contribution in [3.63, 3.8) is 0 Å². The van der Waals surface area contributed by atoms with Crippen LogP contribution in [0, 0.1) is 11.8 Å². The summed E-state index contributed by atoms with van der Waals surface area (Å²) in [5.74, 6) is 3.64. The number of carbonyl (C=O) groups is 1. The summed E-state index contributed by atoms with van der Waals surface area (Å²) in [4.78, 5) is 11.8. The van der Waals surface area contributed by atoms with Gasteiger partial charge in [0.05, 0.1) is 5.60 Å². The first-order valence-electron chi connectivity index (χ1n) is 6.86. The van der Waals surface area contributed by atoms with Crippen LogP contribution in [-0.2, 0) is 9.53 Å². The van der Waals surface area contributed by atoms with Crippen LogP contribution in [0.3, 0.4) is 0 Å². The zero-order chi connectivity index (χ0) is 12.3. The number of carbonyl (C=O) groups excluding carboxylic acids is 1. The second kappa shape index (κ2) is 5.75. The maximum Gasteiger partial charge on any atom is 0.135 e. The lowest BCUT2D eigenvalue weighted by molar-refractivity contribution is -0.128. The minimum Gasteiger partial charge on any atom is -0.375 e. The molecule has 0 aromatic heterocycles. The first kappa shape index (κ1) is 13.4. The highest BCUT2D eigenvalue weighted by Crippen LogP contribution is 2.40. The van der Waals surface area contributed by atoms with E-state index in [4.69, 9.17) is 4.74 Å². The molecule has 2 nitrogen and oxygen atoms in total. The SMILES string of the molecule is CC(C)C(=O)CC1CCOC2(CCSCC2)C1. The molecule has 0 radical (unpaired) electrons. The Morgan fingerprint density at radius 2 is 2.12 bits per heavy atom. The van der Waals surface area contributed by atoms with Crippen LogP contribution in [0.2, 0.25) is 0 Å². The minimum absolute atomic E-state index is 0.130. The number of hydrogen-bond donors (Lipinski definition) is 0. The maximum absolute atomic E-state index is 11.8. The molecule has 1 unspecified atom stereocenters. The molecule has 2 heterocycles. The Balaban J connectivity index is 1.90.